The summed E-state index contributed by atoms with van der Waals surface area (Å²) in [5.74, 6) is 1.54. The molecule has 0 unspecified atom stereocenters. The Morgan fingerprint density at radius 3 is 1.69 bits per heavy atom. The zero-order chi connectivity index (χ0) is 18.9. The van der Waals surface area contributed by atoms with Crippen molar-refractivity contribution in [1.82, 2.24) is 4.57 Å². The normalized spacial score (nSPS) is 11.3. The molecule has 152 valence electrons. The lowest BCUT2D eigenvalue weighted by Gasteiger charge is -2.05. The third-order valence-electron chi connectivity index (χ3n) is 5.53. The van der Waals surface area contributed by atoms with E-state index in [0.717, 1.165) is 0 Å². The SMILES string of the molecule is CCCCCCCCCCCCCCCn1cc[n+](CCC)c1CCC. The molecule has 0 bridgehead atoms. The summed E-state index contributed by atoms with van der Waals surface area (Å²) in [6.45, 7) is 9.24. The first-order chi connectivity index (χ1) is 12.8. The Balaban J connectivity index is 2.00. The number of hydrogen-bond acceptors (Lipinski definition) is 0. The maximum Gasteiger partial charge on any atom is 0.256 e. The zero-order valence-corrected chi connectivity index (χ0v) is 18.3. The van der Waals surface area contributed by atoms with Gasteiger partial charge in [0.15, 0.2) is 0 Å². The first-order valence-electron chi connectivity index (χ1n) is 11.9. The van der Waals surface area contributed by atoms with Crippen molar-refractivity contribution in [1.29, 1.82) is 0 Å². The van der Waals surface area contributed by atoms with Crippen LogP contribution in [0.1, 0.15) is 123 Å². The molecule has 2 nitrogen and oxygen atoms in total. The van der Waals surface area contributed by atoms with Crippen molar-refractivity contribution in [2.24, 2.45) is 0 Å². The molecule has 1 aromatic rings. The fraction of sp³-hybridized carbons (Fsp3) is 0.875. The molecular weight excluding hydrogens is 316 g/mol. The van der Waals surface area contributed by atoms with E-state index in [-0.39, 0.29) is 0 Å². The quantitative estimate of drug-likeness (QED) is 0.192. The highest BCUT2D eigenvalue weighted by molar-refractivity contribution is 4.84. The smallest absolute Gasteiger partial charge is 0.234 e. The summed E-state index contributed by atoms with van der Waals surface area (Å²) in [6.07, 6.45) is 26.9. The van der Waals surface area contributed by atoms with E-state index in [4.69, 9.17) is 0 Å². The van der Waals surface area contributed by atoms with E-state index in [9.17, 15) is 0 Å². The van der Waals surface area contributed by atoms with Crippen LogP contribution in [0, 0.1) is 0 Å². The molecule has 0 aromatic carbocycles. The molecule has 0 saturated carbocycles. The summed E-state index contributed by atoms with van der Waals surface area (Å²) in [4.78, 5) is 0. The fourth-order valence-corrected chi connectivity index (χ4v) is 3.96. The van der Waals surface area contributed by atoms with Crippen molar-refractivity contribution in [3.8, 4) is 0 Å². The Labute approximate surface area is 164 Å². The van der Waals surface area contributed by atoms with Gasteiger partial charge in [0.05, 0.1) is 13.1 Å². The van der Waals surface area contributed by atoms with Gasteiger partial charge in [0.25, 0.3) is 5.82 Å². The van der Waals surface area contributed by atoms with E-state index >= 15 is 0 Å². The van der Waals surface area contributed by atoms with Crippen molar-refractivity contribution in [3.05, 3.63) is 18.2 Å². The molecule has 0 aliphatic heterocycles. The maximum absolute atomic E-state index is 2.51. The topological polar surface area (TPSA) is 8.81 Å². The first-order valence-corrected chi connectivity index (χ1v) is 11.9. The molecule has 0 amide bonds. The predicted molar refractivity (Wildman–Crippen MR) is 115 cm³/mol. The summed E-state index contributed by atoms with van der Waals surface area (Å²) in [7, 11) is 0. The molecule has 2 heteroatoms. The van der Waals surface area contributed by atoms with Gasteiger partial charge in [0, 0.05) is 6.42 Å². The van der Waals surface area contributed by atoms with Crippen LogP contribution in [0.3, 0.4) is 0 Å². The molecule has 0 atom stereocenters. The van der Waals surface area contributed by atoms with Gasteiger partial charge in [-0.15, -0.1) is 0 Å². The third kappa shape index (κ3) is 10.4. The number of imidazole rings is 1. The average molecular weight is 364 g/mol. The molecule has 1 rings (SSSR count). The van der Waals surface area contributed by atoms with Crippen molar-refractivity contribution >= 4 is 0 Å². The molecule has 1 heterocycles. The van der Waals surface area contributed by atoms with Crippen LogP contribution in [0.25, 0.3) is 0 Å². The van der Waals surface area contributed by atoms with Gasteiger partial charge in [-0.25, -0.2) is 9.13 Å². The van der Waals surface area contributed by atoms with Gasteiger partial charge in [-0.2, -0.15) is 0 Å². The van der Waals surface area contributed by atoms with E-state index in [0.29, 0.717) is 0 Å². The van der Waals surface area contributed by atoms with E-state index in [1.165, 1.54) is 122 Å². The highest BCUT2D eigenvalue weighted by Crippen LogP contribution is 2.13. The number of hydrogen-bond donors (Lipinski definition) is 0. The van der Waals surface area contributed by atoms with E-state index in [1.807, 2.05) is 0 Å². The zero-order valence-electron chi connectivity index (χ0n) is 18.3. The van der Waals surface area contributed by atoms with Gasteiger partial charge >= 0.3 is 0 Å². The fourth-order valence-electron chi connectivity index (χ4n) is 3.96. The number of aryl methyl sites for hydroxylation is 2. The molecule has 0 aliphatic rings. The van der Waals surface area contributed by atoms with Gasteiger partial charge in [-0.1, -0.05) is 91.4 Å². The molecule has 0 radical (unpaired) electrons. The summed E-state index contributed by atoms with van der Waals surface area (Å²) < 4.78 is 4.98. The number of unbranched alkanes of at least 4 members (excludes halogenated alkanes) is 12. The number of nitrogens with zero attached hydrogens (tertiary/aromatic N) is 2. The van der Waals surface area contributed by atoms with Gasteiger partial charge < -0.3 is 0 Å². The van der Waals surface area contributed by atoms with Crippen molar-refractivity contribution < 1.29 is 4.57 Å². The summed E-state index contributed by atoms with van der Waals surface area (Å²) in [5, 5.41) is 0. The average Bonchev–Trinajstić information content (AvgIpc) is 3.01. The Kier molecular flexibility index (Phi) is 14.7. The Hall–Kier alpha value is -0.790. The highest BCUT2D eigenvalue weighted by atomic mass is 15.1. The summed E-state index contributed by atoms with van der Waals surface area (Å²) in [6, 6.07) is 0. The minimum Gasteiger partial charge on any atom is -0.234 e. The third-order valence-corrected chi connectivity index (χ3v) is 5.53. The van der Waals surface area contributed by atoms with Crippen LogP contribution in [-0.2, 0) is 19.5 Å². The number of rotatable bonds is 18. The van der Waals surface area contributed by atoms with Crippen LogP contribution in [0.2, 0.25) is 0 Å². The Morgan fingerprint density at radius 1 is 0.654 bits per heavy atom. The molecule has 26 heavy (non-hydrogen) atoms. The predicted octanol–water partition coefficient (Wildman–Crippen LogP) is 7.23. The van der Waals surface area contributed by atoms with Gasteiger partial charge in [-0.3, -0.25) is 0 Å². The van der Waals surface area contributed by atoms with Crippen molar-refractivity contribution in [3.63, 3.8) is 0 Å². The van der Waals surface area contributed by atoms with E-state index < -0.39 is 0 Å². The largest absolute Gasteiger partial charge is 0.256 e. The van der Waals surface area contributed by atoms with E-state index in [1.54, 1.807) is 0 Å². The summed E-state index contributed by atoms with van der Waals surface area (Å²) in [5.41, 5.74) is 0. The van der Waals surface area contributed by atoms with Crippen LogP contribution < -0.4 is 4.57 Å². The monoisotopic (exact) mass is 363 g/mol. The van der Waals surface area contributed by atoms with Gasteiger partial charge in [-0.05, 0) is 25.7 Å². The van der Waals surface area contributed by atoms with Crippen molar-refractivity contribution in [2.45, 2.75) is 137 Å². The molecule has 0 aliphatic carbocycles. The lowest BCUT2D eigenvalue weighted by atomic mass is 10.0. The van der Waals surface area contributed by atoms with Crippen LogP contribution in [0.4, 0.5) is 0 Å². The second kappa shape index (κ2) is 16.4. The second-order valence-electron chi connectivity index (χ2n) is 8.09. The van der Waals surface area contributed by atoms with Crippen LogP contribution in [-0.4, -0.2) is 4.57 Å². The minimum absolute atomic E-state index is 1.17. The van der Waals surface area contributed by atoms with Crippen molar-refractivity contribution in [2.75, 3.05) is 0 Å². The summed E-state index contributed by atoms with van der Waals surface area (Å²) >= 11 is 0. The molecule has 0 N–H and O–H groups in total. The second-order valence-corrected chi connectivity index (χ2v) is 8.09. The van der Waals surface area contributed by atoms with Gasteiger partial charge in [0.2, 0.25) is 0 Å². The van der Waals surface area contributed by atoms with Crippen LogP contribution in [0.15, 0.2) is 12.4 Å². The molecule has 0 saturated heterocycles. The van der Waals surface area contributed by atoms with Crippen LogP contribution in [0.5, 0.6) is 0 Å². The van der Waals surface area contributed by atoms with Gasteiger partial charge in [0.1, 0.15) is 12.4 Å². The van der Waals surface area contributed by atoms with Crippen LogP contribution >= 0.6 is 0 Å². The molecule has 0 fully saturated rings. The standard InChI is InChI=1S/C24H47N2/c1-4-7-8-9-10-11-12-13-14-15-16-17-18-21-26-23-22-25(20-6-3)24(26)19-5-2/h22-23H,4-21H2,1-3H3/q+1. The maximum atomic E-state index is 2.51. The highest BCUT2D eigenvalue weighted by Gasteiger charge is 2.14. The number of aromatic nitrogens is 2. The lowest BCUT2D eigenvalue weighted by Crippen LogP contribution is -2.37. The molecule has 0 spiro atoms. The Bertz CT molecular complexity index is 422. The Morgan fingerprint density at radius 2 is 1.19 bits per heavy atom. The minimum atomic E-state index is 1.17. The van der Waals surface area contributed by atoms with E-state index in [2.05, 4.69) is 42.3 Å². The lowest BCUT2D eigenvalue weighted by molar-refractivity contribution is -0.703. The molecular formula is C24H47N2+. The first kappa shape index (κ1) is 23.2. The molecule has 1 aromatic heterocycles.